The van der Waals surface area contributed by atoms with Gasteiger partial charge in [0.25, 0.3) is 5.91 Å². The second-order valence-electron chi connectivity index (χ2n) is 6.65. The van der Waals surface area contributed by atoms with Crippen LogP contribution in [0.25, 0.3) is 0 Å². The van der Waals surface area contributed by atoms with Gasteiger partial charge in [-0.05, 0) is 31.9 Å². The normalized spacial score (nSPS) is 18.5. The summed E-state index contributed by atoms with van der Waals surface area (Å²) in [5, 5.41) is 2.87. The second kappa shape index (κ2) is 7.76. The Morgan fingerprint density at radius 3 is 2.69 bits per heavy atom. The number of carbonyl (C=O) groups is 3. The van der Waals surface area contributed by atoms with E-state index >= 15 is 0 Å². The first-order valence-electron chi connectivity index (χ1n) is 9.06. The van der Waals surface area contributed by atoms with Gasteiger partial charge in [-0.15, -0.1) is 0 Å². The minimum Gasteiger partial charge on any atom is -0.482 e. The molecule has 1 heterocycles. The quantitative estimate of drug-likeness (QED) is 0.810. The van der Waals surface area contributed by atoms with Gasteiger partial charge < -0.3 is 14.8 Å². The van der Waals surface area contributed by atoms with Crippen LogP contribution in [0.15, 0.2) is 24.3 Å². The highest BCUT2D eigenvalue weighted by Gasteiger charge is 2.42. The molecule has 140 valence electrons. The van der Waals surface area contributed by atoms with Crippen molar-refractivity contribution in [2.24, 2.45) is 0 Å². The van der Waals surface area contributed by atoms with E-state index in [1.807, 2.05) is 6.07 Å². The third kappa shape index (κ3) is 3.66. The summed E-state index contributed by atoms with van der Waals surface area (Å²) < 4.78 is 10.6. The molecule has 0 radical (unpaired) electrons. The molecule has 2 aliphatic rings. The van der Waals surface area contributed by atoms with Crippen molar-refractivity contribution in [1.29, 1.82) is 0 Å². The van der Waals surface area contributed by atoms with Crippen molar-refractivity contribution >= 4 is 23.5 Å². The highest BCUT2D eigenvalue weighted by molar-refractivity contribution is 6.02. The Hall–Kier alpha value is -2.57. The Bertz CT molecular complexity index is 697. The standard InChI is InChI=1S/C19H24N2O5/c1-2-25-18(24)19(10-6-3-7-11-19)20-16(22)12-21-14-8-4-5-9-15(14)26-13-17(21)23/h4-5,8-9H,2-3,6-7,10-13H2,1H3,(H,20,22). The van der Waals surface area contributed by atoms with E-state index in [4.69, 9.17) is 9.47 Å². The molecule has 1 aliphatic heterocycles. The number of nitrogens with zero attached hydrogens (tertiary/aromatic N) is 1. The first kappa shape index (κ1) is 18.2. The number of nitrogens with one attached hydrogen (secondary N) is 1. The smallest absolute Gasteiger partial charge is 0.331 e. The summed E-state index contributed by atoms with van der Waals surface area (Å²) >= 11 is 0. The third-order valence-corrected chi connectivity index (χ3v) is 4.86. The van der Waals surface area contributed by atoms with Crippen LogP contribution in [0.4, 0.5) is 5.69 Å². The number of carbonyl (C=O) groups excluding carboxylic acids is 3. The largest absolute Gasteiger partial charge is 0.482 e. The summed E-state index contributed by atoms with van der Waals surface area (Å²) in [5.41, 5.74) is -0.423. The maximum Gasteiger partial charge on any atom is 0.331 e. The summed E-state index contributed by atoms with van der Waals surface area (Å²) in [5.74, 6) is -0.475. The van der Waals surface area contributed by atoms with Gasteiger partial charge in [-0.25, -0.2) is 4.79 Å². The van der Waals surface area contributed by atoms with Crippen LogP contribution in [0.2, 0.25) is 0 Å². The Balaban J connectivity index is 1.74. The lowest BCUT2D eigenvalue weighted by Crippen LogP contribution is -2.58. The topological polar surface area (TPSA) is 84.9 Å². The van der Waals surface area contributed by atoms with Crippen molar-refractivity contribution in [1.82, 2.24) is 5.32 Å². The predicted molar refractivity (Wildman–Crippen MR) is 94.9 cm³/mol. The molecule has 7 nitrogen and oxygen atoms in total. The first-order chi connectivity index (χ1) is 12.6. The minimum atomic E-state index is -0.986. The summed E-state index contributed by atoms with van der Waals surface area (Å²) in [7, 11) is 0. The van der Waals surface area contributed by atoms with Gasteiger partial charge in [0, 0.05) is 0 Å². The highest BCUT2D eigenvalue weighted by atomic mass is 16.5. The lowest BCUT2D eigenvalue weighted by molar-refractivity contribution is -0.155. The molecule has 7 heteroatoms. The molecule has 1 saturated carbocycles. The van der Waals surface area contributed by atoms with Crippen molar-refractivity contribution in [3.8, 4) is 5.75 Å². The van der Waals surface area contributed by atoms with Crippen LogP contribution in [0.1, 0.15) is 39.0 Å². The molecule has 2 amide bonds. The van der Waals surface area contributed by atoms with E-state index < -0.39 is 5.54 Å². The number of amides is 2. The van der Waals surface area contributed by atoms with Crippen molar-refractivity contribution in [3.05, 3.63) is 24.3 Å². The molecule has 26 heavy (non-hydrogen) atoms. The van der Waals surface area contributed by atoms with Gasteiger partial charge in [0.1, 0.15) is 17.8 Å². The number of rotatable bonds is 5. The Morgan fingerprint density at radius 2 is 1.96 bits per heavy atom. The number of ether oxygens (including phenoxy) is 2. The maximum atomic E-state index is 12.7. The van der Waals surface area contributed by atoms with Gasteiger partial charge in [0.05, 0.1) is 12.3 Å². The van der Waals surface area contributed by atoms with Crippen LogP contribution < -0.4 is 15.0 Å². The summed E-state index contributed by atoms with van der Waals surface area (Å²) in [6, 6.07) is 7.09. The average Bonchev–Trinajstić information content (AvgIpc) is 2.65. The van der Waals surface area contributed by atoms with Gasteiger partial charge in [0.2, 0.25) is 5.91 Å². The van der Waals surface area contributed by atoms with Crippen LogP contribution >= 0.6 is 0 Å². The summed E-state index contributed by atoms with van der Waals surface area (Å²) in [6.45, 7) is 1.76. The molecule has 0 aromatic heterocycles. The summed E-state index contributed by atoms with van der Waals surface area (Å²) in [6.07, 6.45) is 3.87. The zero-order valence-electron chi connectivity index (χ0n) is 15.0. The molecule has 0 saturated heterocycles. The average molecular weight is 360 g/mol. The maximum absolute atomic E-state index is 12.7. The Labute approximate surface area is 152 Å². The van der Waals surface area contributed by atoms with Crippen molar-refractivity contribution in [2.45, 2.75) is 44.6 Å². The molecule has 0 bridgehead atoms. The van der Waals surface area contributed by atoms with Gasteiger partial charge in [-0.3, -0.25) is 14.5 Å². The highest BCUT2D eigenvalue weighted by Crippen LogP contribution is 2.32. The van der Waals surface area contributed by atoms with E-state index in [0.717, 1.165) is 19.3 Å². The van der Waals surface area contributed by atoms with Crippen LogP contribution in [-0.4, -0.2) is 43.1 Å². The monoisotopic (exact) mass is 360 g/mol. The number of fused-ring (bicyclic) bond motifs is 1. The second-order valence-corrected chi connectivity index (χ2v) is 6.65. The first-order valence-corrected chi connectivity index (χ1v) is 9.06. The van der Waals surface area contributed by atoms with Crippen molar-refractivity contribution in [2.75, 3.05) is 24.7 Å². The zero-order valence-corrected chi connectivity index (χ0v) is 15.0. The predicted octanol–water partition coefficient (Wildman–Crippen LogP) is 1.79. The van der Waals surface area contributed by atoms with Gasteiger partial charge in [-0.1, -0.05) is 31.4 Å². The Morgan fingerprint density at radius 1 is 1.23 bits per heavy atom. The van der Waals surface area contributed by atoms with Gasteiger partial charge in [0.15, 0.2) is 6.61 Å². The van der Waals surface area contributed by atoms with Crippen molar-refractivity contribution < 1.29 is 23.9 Å². The molecular formula is C19H24N2O5. The molecule has 0 unspecified atom stereocenters. The number of benzene rings is 1. The van der Waals surface area contributed by atoms with E-state index in [-0.39, 0.29) is 37.5 Å². The number of anilines is 1. The fourth-order valence-corrected chi connectivity index (χ4v) is 3.58. The van der Waals surface area contributed by atoms with Crippen LogP contribution in [0.3, 0.4) is 0 Å². The fraction of sp³-hybridized carbons (Fsp3) is 0.526. The molecule has 1 N–H and O–H groups in total. The zero-order chi connectivity index (χ0) is 18.6. The van der Waals surface area contributed by atoms with E-state index in [2.05, 4.69) is 5.32 Å². The number of esters is 1. The molecular weight excluding hydrogens is 336 g/mol. The molecule has 1 aromatic carbocycles. The van der Waals surface area contributed by atoms with Crippen LogP contribution in [0, 0.1) is 0 Å². The van der Waals surface area contributed by atoms with Crippen LogP contribution in [0.5, 0.6) is 5.75 Å². The van der Waals surface area contributed by atoms with E-state index in [0.29, 0.717) is 24.3 Å². The number of hydrogen-bond acceptors (Lipinski definition) is 5. The number of hydrogen-bond donors (Lipinski definition) is 1. The number of para-hydroxylation sites is 2. The lowest BCUT2D eigenvalue weighted by Gasteiger charge is -2.36. The molecule has 1 aromatic rings. The molecule has 3 rings (SSSR count). The Kier molecular flexibility index (Phi) is 5.44. The fourth-order valence-electron chi connectivity index (χ4n) is 3.58. The SMILES string of the molecule is CCOC(=O)C1(NC(=O)CN2C(=O)COc3ccccc32)CCCCC1. The minimum absolute atomic E-state index is 0.104. The molecule has 0 spiro atoms. The van der Waals surface area contributed by atoms with Crippen molar-refractivity contribution in [3.63, 3.8) is 0 Å². The van der Waals surface area contributed by atoms with E-state index in [1.54, 1.807) is 25.1 Å². The molecule has 1 aliphatic carbocycles. The molecule has 1 fully saturated rings. The van der Waals surface area contributed by atoms with Gasteiger partial charge >= 0.3 is 5.97 Å². The summed E-state index contributed by atoms with van der Waals surface area (Å²) in [4.78, 5) is 38.8. The lowest BCUT2D eigenvalue weighted by atomic mass is 9.81. The third-order valence-electron chi connectivity index (χ3n) is 4.86. The molecule has 0 atom stereocenters. The van der Waals surface area contributed by atoms with E-state index in [1.165, 1.54) is 4.90 Å². The van der Waals surface area contributed by atoms with Gasteiger partial charge in [-0.2, -0.15) is 0 Å². The van der Waals surface area contributed by atoms with E-state index in [9.17, 15) is 14.4 Å². The van der Waals surface area contributed by atoms with Crippen LogP contribution in [-0.2, 0) is 19.1 Å².